The third-order valence-electron chi connectivity index (χ3n) is 7.55. The highest BCUT2D eigenvalue weighted by Gasteiger charge is 2.34. The molecule has 0 aromatic carbocycles. The van der Waals surface area contributed by atoms with E-state index in [4.69, 9.17) is 15.2 Å². The van der Waals surface area contributed by atoms with Crippen molar-refractivity contribution in [2.45, 2.75) is 89.4 Å². The molecule has 2 N–H and O–H groups in total. The average Bonchev–Trinajstić information content (AvgIpc) is 3.38. The lowest BCUT2D eigenvalue weighted by Crippen LogP contribution is -2.53. The van der Waals surface area contributed by atoms with Crippen LogP contribution in [0.3, 0.4) is 0 Å². The first-order valence-electron chi connectivity index (χ1n) is 13.1. The third-order valence-corrected chi connectivity index (χ3v) is 8.72. The molecule has 36 heavy (non-hydrogen) atoms. The number of hydrogen-bond donors (Lipinski definition) is 1. The normalized spacial score (nSPS) is 25.1. The van der Waals surface area contributed by atoms with Crippen LogP contribution in [0.5, 0.6) is 5.88 Å². The minimum Gasteiger partial charge on any atom is -0.474 e. The summed E-state index contributed by atoms with van der Waals surface area (Å²) in [6, 6.07) is 0.515. The smallest absolute Gasteiger partial charge is 0.410 e. The van der Waals surface area contributed by atoms with Crippen LogP contribution in [0, 0.1) is 0 Å². The topological polar surface area (TPSA) is 111 Å². The molecular weight excluding hydrogens is 478 g/mol. The number of nitrogens with two attached hydrogens (primary N) is 1. The summed E-state index contributed by atoms with van der Waals surface area (Å²) in [5.74, 6) is 0.523. The van der Waals surface area contributed by atoms with E-state index in [-0.39, 0.29) is 24.0 Å². The summed E-state index contributed by atoms with van der Waals surface area (Å²) in [6.07, 6.45) is 7.83. The van der Waals surface area contributed by atoms with E-state index in [9.17, 15) is 9.59 Å². The summed E-state index contributed by atoms with van der Waals surface area (Å²) < 4.78 is 12.0. The molecule has 1 unspecified atom stereocenters. The highest BCUT2D eigenvalue weighted by Crippen LogP contribution is 2.47. The van der Waals surface area contributed by atoms with E-state index in [2.05, 4.69) is 14.9 Å². The maximum atomic E-state index is 12.4. The Morgan fingerprint density at radius 1 is 1.08 bits per heavy atom. The first-order chi connectivity index (χ1) is 17.2. The molecule has 2 aliphatic carbocycles. The van der Waals surface area contributed by atoms with E-state index in [1.54, 1.807) is 17.7 Å². The molecule has 9 nitrogen and oxygen atoms in total. The lowest BCUT2D eigenvalue weighted by molar-refractivity contribution is -0.118. The molecule has 0 spiro atoms. The van der Waals surface area contributed by atoms with Crippen molar-refractivity contribution in [3.8, 4) is 5.88 Å². The van der Waals surface area contributed by atoms with E-state index in [0.717, 1.165) is 61.8 Å². The zero-order valence-electron chi connectivity index (χ0n) is 21.5. The molecule has 1 aliphatic heterocycles. The molecule has 0 bridgehead atoms. The molecule has 1 saturated heterocycles. The number of thiophene rings is 1. The van der Waals surface area contributed by atoms with Crippen LogP contribution in [-0.2, 0) is 16.0 Å². The number of carbonyl (C=O) groups is 2. The standard InChI is InChI=1S/C26H37N5O4S/c1-26(2,3)35-25(33)31-12-10-30(11-13-31)17-5-7-18(8-6-17)34-23-22-21-16(14-20(27)32)4-9-19(21)36-24(22)29-15-28-23/h15-18H,4-14H2,1-3H3,(H2,27,32). The van der Waals surface area contributed by atoms with E-state index < -0.39 is 5.60 Å². The maximum absolute atomic E-state index is 12.4. The molecule has 1 atom stereocenters. The van der Waals surface area contributed by atoms with Gasteiger partial charge in [-0.15, -0.1) is 11.3 Å². The van der Waals surface area contributed by atoms with Gasteiger partial charge in [0.2, 0.25) is 11.8 Å². The predicted molar refractivity (Wildman–Crippen MR) is 138 cm³/mol. The molecule has 2 amide bonds. The van der Waals surface area contributed by atoms with Gasteiger partial charge in [-0.2, -0.15) is 0 Å². The number of aromatic nitrogens is 2. The second-order valence-corrected chi connectivity index (χ2v) is 12.3. The molecule has 2 fully saturated rings. The van der Waals surface area contributed by atoms with Gasteiger partial charge in [0.25, 0.3) is 0 Å². The van der Waals surface area contributed by atoms with Gasteiger partial charge in [0.05, 0.1) is 5.39 Å². The third kappa shape index (κ3) is 5.44. The fraction of sp³-hybridized carbons (Fsp3) is 0.692. The van der Waals surface area contributed by atoms with Crippen LogP contribution in [0.1, 0.15) is 75.7 Å². The molecule has 10 heteroatoms. The Morgan fingerprint density at radius 3 is 2.47 bits per heavy atom. The van der Waals surface area contributed by atoms with Crippen molar-refractivity contribution in [2.75, 3.05) is 26.2 Å². The Kier molecular flexibility index (Phi) is 7.09. The van der Waals surface area contributed by atoms with Gasteiger partial charge < -0.3 is 20.1 Å². The second kappa shape index (κ2) is 10.1. The van der Waals surface area contributed by atoms with Crippen LogP contribution >= 0.6 is 11.3 Å². The summed E-state index contributed by atoms with van der Waals surface area (Å²) in [7, 11) is 0. The van der Waals surface area contributed by atoms with Gasteiger partial charge in [-0.05, 0) is 70.8 Å². The first kappa shape index (κ1) is 25.2. The molecule has 5 rings (SSSR count). The second-order valence-electron chi connectivity index (χ2n) is 11.3. The molecule has 3 aliphatic rings. The lowest BCUT2D eigenvalue weighted by atomic mass is 9.91. The fourth-order valence-electron chi connectivity index (χ4n) is 5.86. The number of hydrogen-bond acceptors (Lipinski definition) is 8. The van der Waals surface area contributed by atoms with Gasteiger partial charge in [0, 0.05) is 43.5 Å². The van der Waals surface area contributed by atoms with Crippen molar-refractivity contribution in [1.82, 2.24) is 19.8 Å². The summed E-state index contributed by atoms with van der Waals surface area (Å²) >= 11 is 1.69. The quantitative estimate of drug-likeness (QED) is 0.644. The number of fused-ring (bicyclic) bond motifs is 3. The van der Waals surface area contributed by atoms with Crippen LogP contribution < -0.4 is 10.5 Å². The van der Waals surface area contributed by atoms with Crippen LogP contribution in [0.2, 0.25) is 0 Å². The number of aryl methyl sites for hydroxylation is 1. The minimum absolute atomic E-state index is 0.119. The van der Waals surface area contributed by atoms with Crippen molar-refractivity contribution in [1.29, 1.82) is 0 Å². The van der Waals surface area contributed by atoms with Crippen LogP contribution in [0.25, 0.3) is 10.2 Å². The van der Waals surface area contributed by atoms with E-state index in [0.29, 0.717) is 31.4 Å². The average molecular weight is 516 g/mol. The van der Waals surface area contributed by atoms with Crippen molar-refractivity contribution >= 4 is 33.6 Å². The molecule has 0 radical (unpaired) electrons. The van der Waals surface area contributed by atoms with E-state index >= 15 is 0 Å². The first-order valence-corrected chi connectivity index (χ1v) is 13.9. The van der Waals surface area contributed by atoms with Crippen LogP contribution in [0.4, 0.5) is 4.79 Å². The predicted octanol–water partition coefficient (Wildman–Crippen LogP) is 3.84. The van der Waals surface area contributed by atoms with Crippen LogP contribution in [0.15, 0.2) is 6.33 Å². The highest BCUT2D eigenvalue weighted by atomic mass is 32.1. The largest absolute Gasteiger partial charge is 0.474 e. The molecule has 3 heterocycles. The number of primary amides is 1. The Bertz CT molecular complexity index is 1110. The number of ether oxygens (including phenoxy) is 2. The molecular formula is C26H37N5O4S. The zero-order chi connectivity index (χ0) is 25.4. The minimum atomic E-state index is -0.465. The fourth-order valence-corrected chi connectivity index (χ4v) is 7.09. The van der Waals surface area contributed by atoms with E-state index in [1.807, 2.05) is 25.7 Å². The van der Waals surface area contributed by atoms with Crippen LogP contribution in [-0.4, -0.2) is 75.7 Å². The van der Waals surface area contributed by atoms with Crippen molar-refractivity contribution in [3.63, 3.8) is 0 Å². The monoisotopic (exact) mass is 515 g/mol. The molecule has 2 aromatic heterocycles. The van der Waals surface area contributed by atoms with Gasteiger partial charge in [-0.1, -0.05) is 0 Å². The van der Waals surface area contributed by atoms with Gasteiger partial charge >= 0.3 is 6.09 Å². The summed E-state index contributed by atoms with van der Waals surface area (Å²) in [6.45, 7) is 8.88. The summed E-state index contributed by atoms with van der Waals surface area (Å²) in [4.78, 5) is 39.6. The van der Waals surface area contributed by atoms with Gasteiger partial charge in [-0.25, -0.2) is 14.8 Å². The van der Waals surface area contributed by atoms with E-state index in [1.165, 1.54) is 10.4 Å². The Morgan fingerprint density at radius 2 is 1.81 bits per heavy atom. The molecule has 1 saturated carbocycles. The van der Waals surface area contributed by atoms with Crippen molar-refractivity contribution < 1.29 is 19.1 Å². The zero-order valence-corrected chi connectivity index (χ0v) is 22.3. The highest BCUT2D eigenvalue weighted by molar-refractivity contribution is 7.19. The van der Waals surface area contributed by atoms with Gasteiger partial charge in [0.15, 0.2) is 0 Å². The summed E-state index contributed by atoms with van der Waals surface area (Å²) in [5, 5.41) is 0.988. The number of amides is 2. The maximum Gasteiger partial charge on any atom is 0.410 e. The Labute approximate surface area is 216 Å². The Hall–Kier alpha value is -2.46. The van der Waals surface area contributed by atoms with Crippen molar-refractivity contribution in [3.05, 3.63) is 16.8 Å². The molecule has 2 aromatic rings. The molecule has 196 valence electrons. The number of nitrogens with zero attached hydrogens (tertiary/aromatic N) is 4. The SMILES string of the molecule is CC(C)(C)OC(=O)N1CCN(C2CCC(Oc3ncnc4sc5c(c34)C(CC(N)=O)CC5)CC2)CC1. The number of piperazine rings is 1. The van der Waals surface area contributed by atoms with Crippen molar-refractivity contribution in [2.24, 2.45) is 5.73 Å². The lowest BCUT2D eigenvalue weighted by Gasteiger charge is -2.42. The number of rotatable bonds is 5. The number of carbonyl (C=O) groups excluding carboxylic acids is 2. The summed E-state index contributed by atoms with van der Waals surface area (Å²) in [5.41, 5.74) is 6.24. The van der Waals surface area contributed by atoms with Gasteiger partial charge in [0.1, 0.15) is 22.9 Å². The Balaban J connectivity index is 1.17. The van der Waals surface area contributed by atoms with Gasteiger partial charge in [-0.3, -0.25) is 9.69 Å².